The van der Waals surface area contributed by atoms with Gasteiger partial charge in [0.25, 0.3) is 0 Å². The fraction of sp³-hybridized carbons (Fsp3) is 0.286. The Hall–Kier alpha value is -2.21. The van der Waals surface area contributed by atoms with Crippen LogP contribution in [0.4, 0.5) is 5.82 Å². The number of nitrogens with zero attached hydrogens (tertiary/aromatic N) is 3. The zero-order chi connectivity index (χ0) is 17.9. The Bertz CT molecular complexity index is 957. The zero-order valence-corrected chi connectivity index (χ0v) is 15.7. The quantitative estimate of drug-likeness (QED) is 0.643. The second kappa shape index (κ2) is 7.58. The van der Waals surface area contributed by atoms with Crippen molar-refractivity contribution < 1.29 is 4.04 Å². The molecule has 0 N–H and O–H groups in total. The Kier molecular flexibility index (Phi) is 5.02. The van der Waals surface area contributed by atoms with Gasteiger partial charge >= 0.3 is 144 Å². The van der Waals surface area contributed by atoms with Crippen molar-refractivity contribution in [3.8, 4) is 11.3 Å². The molecule has 0 aliphatic carbocycles. The molecule has 0 unspecified atom stereocenters. The fourth-order valence-electron chi connectivity index (χ4n) is 3.53. The van der Waals surface area contributed by atoms with E-state index in [4.69, 9.17) is 4.98 Å². The summed E-state index contributed by atoms with van der Waals surface area (Å²) >= 11 is 0.520. The van der Waals surface area contributed by atoms with Gasteiger partial charge in [0, 0.05) is 0 Å². The molecule has 0 radical (unpaired) electrons. The van der Waals surface area contributed by atoms with Crippen LogP contribution in [0, 0.1) is 0 Å². The van der Waals surface area contributed by atoms with Crippen molar-refractivity contribution in [3.05, 3.63) is 54.6 Å². The summed E-state index contributed by atoms with van der Waals surface area (Å²) in [6, 6.07) is 18.3. The first-order chi connectivity index (χ1) is 12.8. The molecule has 0 bridgehead atoms. The number of hydrogen-bond acceptors (Lipinski definition) is 3. The predicted octanol–water partition coefficient (Wildman–Crippen LogP) is 4.48. The summed E-state index contributed by atoms with van der Waals surface area (Å²) in [6.07, 6.45) is 0. The number of likely N-dealkylation sites (N-methyl/N-ethyl adjacent to an activating group) is 1. The Morgan fingerprint density at radius 2 is 1.73 bits per heavy atom. The third kappa shape index (κ3) is 3.38. The molecule has 26 heavy (non-hydrogen) atoms. The Morgan fingerprint density at radius 1 is 1.00 bits per heavy atom. The zero-order valence-electron chi connectivity index (χ0n) is 14.9. The number of rotatable bonds is 3. The van der Waals surface area contributed by atoms with Crippen LogP contribution in [0.25, 0.3) is 22.0 Å². The SMILES string of the molecule is CCN1CCN(c2nc(-c3ccc(S#[O+])cc3)cc3ccccc23)CC1. The second-order valence-corrected chi connectivity index (χ2v) is 7.22. The summed E-state index contributed by atoms with van der Waals surface area (Å²) in [7, 11) is 0. The summed E-state index contributed by atoms with van der Waals surface area (Å²) in [5.74, 6) is 1.07. The Balaban J connectivity index is 1.77. The number of piperazine rings is 1. The molecule has 132 valence electrons. The van der Waals surface area contributed by atoms with Crippen molar-refractivity contribution >= 4 is 28.1 Å². The first kappa shape index (κ1) is 17.2. The Labute approximate surface area is 157 Å². The number of pyridine rings is 1. The first-order valence-electron chi connectivity index (χ1n) is 9.06. The number of hydrogen-bond donors (Lipinski definition) is 0. The van der Waals surface area contributed by atoms with Gasteiger partial charge in [0.15, 0.2) is 0 Å². The van der Waals surface area contributed by atoms with Crippen LogP contribution in [0.2, 0.25) is 0 Å². The van der Waals surface area contributed by atoms with Crippen molar-refractivity contribution in [1.82, 2.24) is 9.88 Å². The standard InChI is InChI=1S/C21H22N3OS/c1-2-23-11-13-24(14-12-23)21-19-6-4-3-5-17(19)15-20(22-21)16-7-9-18(26-25)10-8-16/h3-10,15H,2,11-14H2,1H3/q+1. The van der Waals surface area contributed by atoms with Crippen molar-refractivity contribution in [2.45, 2.75) is 11.8 Å². The average molecular weight is 364 g/mol. The summed E-state index contributed by atoms with van der Waals surface area (Å²) in [4.78, 5) is 10.6. The monoisotopic (exact) mass is 364 g/mol. The van der Waals surface area contributed by atoms with Crippen molar-refractivity contribution in [3.63, 3.8) is 0 Å². The molecule has 1 saturated heterocycles. The molecule has 4 nitrogen and oxygen atoms in total. The predicted molar refractivity (Wildman–Crippen MR) is 108 cm³/mol. The second-order valence-electron chi connectivity index (χ2n) is 6.58. The van der Waals surface area contributed by atoms with E-state index < -0.39 is 0 Å². The molecule has 1 aliphatic rings. The molecule has 3 aromatic rings. The number of aromatic nitrogens is 1. The molecule has 5 heteroatoms. The molecular weight excluding hydrogens is 342 g/mol. The van der Waals surface area contributed by atoms with Gasteiger partial charge in [-0.15, -0.1) is 0 Å². The van der Waals surface area contributed by atoms with Gasteiger partial charge in [0.2, 0.25) is 0 Å². The van der Waals surface area contributed by atoms with Crippen LogP contribution in [0.5, 0.6) is 0 Å². The molecule has 1 aromatic heterocycles. The van der Waals surface area contributed by atoms with Crippen LogP contribution in [-0.4, -0.2) is 42.6 Å². The van der Waals surface area contributed by atoms with E-state index in [1.54, 1.807) is 0 Å². The molecule has 0 spiro atoms. The van der Waals surface area contributed by atoms with E-state index in [2.05, 4.69) is 47.1 Å². The fourth-order valence-corrected chi connectivity index (χ4v) is 3.77. The van der Waals surface area contributed by atoms with Crippen molar-refractivity contribution in [2.75, 3.05) is 37.6 Å². The van der Waals surface area contributed by atoms with E-state index in [0.717, 1.165) is 54.7 Å². The van der Waals surface area contributed by atoms with E-state index >= 15 is 0 Å². The molecule has 0 saturated carbocycles. The van der Waals surface area contributed by atoms with Gasteiger partial charge in [0.05, 0.1) is 0 Å². The molecule has 4 rings (SSSR count). The molecule has 1 aliphatic heterocycles. The van der Waals surface area contributed by atoms with Crippen LogP contribution < -0.4 is 4.90 Å². The van der Waals surface area contributed by atoms with E-state index in [1.165, 1.54) is 10.8 Å². The molecule has 0 amide bonds. The van der Waals surface area contributed by atoms with Gasteiger partial charge in [-0.2, -0.15) is 0 Å². The van der Waals surface area contributed by atoms with E-state index in [-0.39, 0.29) is 0 Å². The number of anilines is 1. The molecule has 2 heterocycles. The van der Waals surface area contributed by atoms with E-state index in [9.17, 15) is 4.04 Å². The first-order valence-corrected chi connectivity index (χ1v) is 9.80. The van der Waals surface area contributed by atoms with Gasteiger partial charge in [-0.25, -0.2) is 0 Å². The maximum atomic E-state index is 11.0. The average Bonchev–Trinajstić information content (AvgIpc) is 2.73. The van der Waals surface area contributed by atoms with E-state index in [1.807, 2.05) is 24.3 Å². The summed E-state index contributed by atoms with van der Waals surface area (Å²) in [6.45, 7) is 7.47. The summed E-state index contributed by atoms with van der Waals surface area (Å²) < 4.78 is 11.0. The van der Waals surface area contributed by atoms with Gasteiger partial charge in [-0.05, 0) is 6.54 Å². The molecular formula is C21H22N3OS+. The van der Waals surface area contributed by atoms with Crippen LogP contribution in [0.3, 0.4) is 0 Å². The number of benzene rings is 2. The number of fused-ring (bicyclic) bond motifs is 1. The van der Waals surface area contributed by atoms with Crippen LogP contribution in [-0.2, 0) is 4.04 Å². The molecule has 1 fully saturated rings. The Morgan fingerprint density at radius 3 is 2.42 bits per heavy atom. The van der Waals surface area contributed by atoms with Crippen LogP contribution in [0.1, 0.15) is 6.92 Å². The third-order valence-corrected chi connectivity index (χ3v) is 5.55. The van der Waals surface area contributed by atoms with Gasteiger partial charge in [-0.1, -0.05) is 6.92 Å². The van der Waals surface area contributed by atoms with Gasteiger partial charge in [0.1, 0.15) is 0 Å². The topological polar surface area (TPSA) is 39.3 Å². The maximum absolute atomic E-state index is 11.0. The third-order valence-electron chi connectivity index (χ3n) is 5.09. The minimum absolute atomic E-state index is 0.520. The van der Waals surface area contributed by atoms with Crippen molar-refractivity contribution in [1.29, 1.82) is 0 Å². The summed E-state index contributed by atoms with van der Waals surface area (Å²) in [5.41, 5.74) is 2.00. The van der Waals surface area contributed by atoms with Gasteiger partial charge < -0.3 is 0 Å². The van der Waals surface area contributed by atoms with Crippen LogP contribution >= 0.6 is 11.5 Å². The van der Waals surface area contributed by atoms with Crippen molar-refractivity contribution in [2.24, 2.45) is 0 Å². The molecule has 0 atom stereocenters. The normalized spacial score (nSPS) is 15.3. The van der Waals surface area contributed by atoms with E-state index in [0.29, 0.717) is 11.5 Å². The summed E-state index contributed by atoms with van der Waals surface area (Å²) in [5, 5.41) is 2.40. The van der Waals surface area contributed by atoms with Crippen LogP contribution in [0.15, 0.2) is 59.5 Å². The van der Waals surface area contributed by atoms with Gasteiger partial charge in [-0.3, -0.25) is 0 Å². The molecule has 2 aromatic carbocycles. The minimum atomic E-state index is 0.520.